The molecule has 0 amide bonds. The van der Waals surface area contributed by atoms with Crippen molar-refractivity contribution in [2.75, 3.05) is 13.1 Å². The number of rotatable bonds is 8. The molecule has 0 atom stereocenters. The molecule has 0 unspecified atom stereocenters. The van der Waals surface area contributed by atoms with E-state index in [0.717, 1.165) is 30.8 Å². The first-order chi connectivity index (χ1) is 15.7. The van der Waals surface area contributed by atoms with Crippen LogP contribution in [0.15, 0.2) is 76.5 Å². The maximum atomic E-state index is 5.93. The smallest absolute Gasteiger partial charge is 0.248 e. The average molecular weight is 450 g/mol. The van der Waals surface area contributed by atoms with Crippen LogP contribution in [0.4, 0.5) is 0 Å². The van der Waals surface area contributed by atoms with Crippen LogP contribution in [0.3, 0.4) is 0 Å². The summed E-state index contributed by atoms with van der Waals surface area (Å²) in [5.74, 6) is 1.66. The minimum atomic E-state index is 0.286. The Kier molecular flexibility index (Phi) is 7.14. The third-order valence-electron chi connectivity index (χ3n) is 4.70. The average Bonchev–Trinajstić information content (AvgIpc) is 3.51. The summed E-state index contributed by atoms with van der Waals surface area (Å²) < 4.78 is 7.17. The molecule has 0 aliphatic heterocycles. The molecule has 8 nitrogen and oxygen atoms in total. The summed E-state index contributed by atoms with van der Waals surface area (Å²) >= 11 is 5.93. The van der Waals surface area contributed by atoms with Crippen LogP contribution in [0.5, 0.6) is 0 Å². The summed E-state index contributed by atoms with van der Waals surface area (Å²) in [5, 5.41) is 15.5. The molecule has 0 radical (unpaired) electrons. The number of guanidine groups is 1. The van der Waals surface area contributed by atoms with Crippen molar-refractivity contribution in [2.45, 2.75) is 19.9 Å². The highest BCUT2D eigenvalue weighted by molar-refractivity contribution is 6.30. The standard InChI is InChI=1S/C23H24ClN7O/c1-2-25-23(26-14-12-17-4-10-20(11-5-17)31-15-3-13-28-31)27-16-21-29-22(30-32-21)18-6-8-19(24)9-7-18/h3-11,13,15H,2,12,14,16H2,1H3,(H2,25,26,27). The highest BCUT2D eigenvalue weighted by atomic mass is 35.5. The normalized spacial score (nSPS) is 11.5. The van der Waals surface area contributed by atoms with E-state index in [1.165, 1.54) is 5.56 Å². The Hall–Kier alpha value is -3.65. The number of hydrogen-bond donors (Lipinski definition) is 2. The second-order valence-corrected chi connectivity index (χ2v) is 7.44. The van der Waals surface area contributed by atoms with Gasteiger partial charge in [0.15, 0.2) is 5.96 Å². The van der Waals surface area contributed by atoms with E-state index in [2.05, 4.69) is 55.1 Å². The fourth-order valence-electron chi connectivity index (χ4n) is 3.09. The number of aromatic nitrogens is 4. The van der Waals surface area contributed by atoms with E-state index in [4.69, 9.17) is 16.1 Å². The Morgan fingerprint density at radius 2 is 1.91 bits per heavy atom. The zero-order chi connectivity index (χ0) is 22.2. The zero-order valence-electron chi connectivity index (χ0n) is 17.7. The van der Waals surface area contributed by atoms with Crippen molar-refractivity contribution in [1.29, 1.82) is 0 Å². The molecule has 0 saturated carbocycles. The van der Waals surface area contributed by atoms with Gasteiger partial charge in [0.25, 0.3) is 0 Å². The monoisotopic (exact) mass is 449 g/mol. The molecule has 4 rings (SSSR count). The summed E-state index contributed by atoms with van der Waals surface area (Å²) in [7, 11) is 0. The first-order valence-corrected chi connectivity index (χ1v) is 10.8. The molecule has 2 aromatic carbocycles. The van der Waals surface area contributed by atoms with Gasteiger partial charge in [-0.3, -0.25) is 0 Å². The van der Waals surface area contributed by atoms with E-state index in [9.17, 15) is 0 Å². The zero-order valence-corrected chi connectivity index (χ0v) is 18.5. The van der Waals surface area contributed by atoms with Crippen LogP contribution >= 0.6 is 11.6 Å². The van der Waals surface area contributed by atoms with E-state index in [0.29, 0.717) is 22.7 Å². The minimum absolute atomic E-state index is 0.286. The predicted octanol–water partition coefficient (Wildman–Crippen LogP) is 3.87. The third-order valence-corrected chi connectivity index (χ3v) is 4.95. The molecule has 0 fully saturated rings. The topological polar surface area (TPSA) is 93.2 Å². The molecule has 9 heteroatoms. The molecule has 2 heterocycles. The second-order valence-electron chi connectivity index (χ2n) is 7.01. The second kappa shape index (κ2) is 10.6. The summed E-state index contributed by atoms with van der Waals surface area (Å²) in [6.45, 7) is 3.81. The van der Waals surface area contributed by atoms with Gasteiger partial charge in [0, 0.05) is 36.1 Å². The van der Waals surface area contributed by atoms with E-state index in [-0.39, 0.29) is 6.54 Å². The molecule has 0 spiro atoms. The molecule has 4 aromatic rings. The van der Waals surface area contributed by atoms with Gasteiger partial charge in [0.05, 0.1) is 5.69 Å². The van der Waals surface area contributed by atoms with Crippen LogP contribution in [-0.4, -0.2) is 39.0 Å². The molecule has 0 aliphatic carbocycles. The molecule has 0 aliphatic rings. The van der Waals surface area contributed by atoms with Crippen molar-refractivity contribution in [3.63, 3.8) is 0 Å². The fourth-order valence-corrected chi connectivity index (χ4v) is 3.21. The molecule has 2 aromatic heterocycles. The van der Waals surface area contributed by atoms with Gasteiger partial charge in [0.2, 0.25) is 11.7 Å². The minimum Gasteiger partial charge on any atom is -0.357 e. The van der Waals surface area contributed by atoms with Crippen LogP contribution in [0.2, 0.25) is 5.02 Å². The Balaban J connectivity index is 1.31. The van der Waals surface area contributed by atoms with Crippen molar-refractivity contribution in [3.05, 3.63) is 83.5 Å². The first kappa shape index (κ1) is 21.6. The summed E-state index contributed by atoms with van der Waals surface area (Å²) in [6, 6.07) is 17.6. The Morgan fingerprint density at radius 1 is 1.09 bits per heavy atom. The summed E-state index contributed by atoms with van der Waals surface area (Å²) in [4.78, 5) is 8.96. The molecular formula is C23H24ClN7O. The highest BCUT2D eigenvalue weighted by Crippen LogP contribution is 2.18. The SMILES string of the molecule is CCNC(=NCc1nc(-c2ccc(Cl)cc2)no1)NCCc1ccc(-n2cccn2)cc1. The largest absolute Gasteiger partial charge is 0.357 e. The molecule has 0 bridgehead atoms. The fraction of sp³-hybridized carbons (Fsp3) is 0.217. The lowest BCUT2D eigenvalue weighted by atomic mass is 10.1. The van der Waals surface area contributed by atoms with Gasteiger partial charge in [0.1, 0.15) is 6.54 Å². The summed E-state index contributed by atoms with van der Waals surface area (Å²) in [5.41, 5.74) is 3.12. The number of nitrogens with one attached hydrogen (secondary N) is 2. The molecule has 2 N–H and O–H groups in total. The van der Waals surface area contributed by atoms with Gasteiger partial charge in [-0.2, -0.15) is 10.1 Å². The van der Waals surface area contributed by atoms with Crippen LogP contribution in [-0.2, 0) is 13.0 Å². The molecule has 0 saturated heterocycles. The van der Waals surface area contributed by atoms with Gasteiger partial charge in [-0.15, -0.1) is 0 Å². The van der Waals surface area contributed by atoms with Crippen molar-refractivity contribution in [3.8, 4) is 17.1 Å². The van der Waals surface area contributed by atoms with Gasteiger partial charge >= 0.3 is 0 Å². The lowest BCUT2D eigenvalue weighted by Crippen LogP contribution is -2.38. The van der Waals surface area contributed by atoms with Gasteiger partial charge in [-0.1, -0.05) is 28.9 Å². The number of benzene rings is 2. The van der Waals surface area contributed by atoms with Crippen LogP contribution in [0.25, 0.3) is 17.1 Å². The molecule has 32 heavy (non-hydrogen) atoms. The van der Waals surface area contributed by atoms with Crippen molar-refractivity contribution >= 4 is 17.6 Å². The van der Waals surface area contributed by atoms with E-state index >= 15 is 0 Å². The van der Waals surface area contributed by atoms with E-state index < -0.39 is 0 Å². The number of nitrogens with zero attached hydrogens (tertiary/aromatic N) is 5. The van der Waals surface area contributed by atoms with Crippen molar-refractivity contribution in [2.24, 2.45) is 4.99 Å². The Bertz CT molecular complexity index is 1140. The Morgan fingerprint density at radius 3 is 2.62 bits per heavy atom. The summed E-state index contributed by atoms with van der Waals surface area (Å²) in [6.07, 6.45) is 4.56. The first-order valence-electron chi connectivity index (χ1n) is 10.4. The van der Waals surface area contributed by atoms with Gasteiger partial charge in [-0.25, -0.2) is 9.67 Å². The van der Waals surface area contributed by atoms with Gasteiger partial charge < -0.3 is 15.2 Å². The van der Waals surface area contributed by atoms with Crippen LogP contribution < -0.4 is 10.6 Å². The lowest BCUT2D eigenvalue weighted by Gasteiger charge is -2.11. The highest BCUT2D eigenvalue weighted by Gasteiger charge is 2.09. The Labute approximate surface area is 191 Å². The van der Waals surface area contributed by atoms with Crippen molar-refractivity contribution in [1.82, 2.24) is 30.6 Å². The third kappa shape index (κ3) is 5.73. The van der Waals surface area contributed by atoms with Crippen LogP contribution in [0, 0.1) is 0 Å². The van der Waals surface area contributed by atoms with E-state index in [1.54, 1.807) is 18.3 Å². The molecular weight excluding hydrogens is 426 g/mol. The molecule has 164 valence electrons. The maximum absolute atomic E-state index is 5.93. The van der Waals surface area contributed by atoms with E-state index in [1.807, 2.05) is 36.0 Å². The van der Waals surface area contributed by atoms with Gasteiger partial charge in [-0.05, 0) is 61.4 Å². The number of aliphatic imine (C=N–C) groups is 1. The lowest BCUT2D eigenvalue weighted by molar-refractivity contribution is 0.380. The van der Waals surface area contributed by atoms with Crippen molar-refractivity contribution < 1.29 is 4.52 Å². The predicted molar refractivity (Wildman–Crippen MR) is 125 cm³/mol. The van der Waals surface area contributed by atoms with Crippen LogP contribution in [0.1, 0.15) is 18.4 Å². The number of hydrogen-bond acceptors (Lipinski definition) is 5. The number of halogens is 1. The quantitative estimate of drug-likeness (QED) is 0.313. The maximum Gasteiger partial charge on any atom is 0.248 e.